The number of aliphatic hydroxyl groups excluding tert-OH is 1. The molecule has 5 heteroatoms. The second-order valence-corrected chi connectivity index (χ2v) is 1.82. The number of hydrogen-bond acceptors (Lipinski definition) is 2. The molecule has 0 unspecified atom stereocenters. The summed E-state index contributed by atoms with van der Waals surface area (Å²) in [6.07, 6.45) is -2.54. The van der Waals surface area contributed by atoms with Gasteiger partial charge in [0.1, 0.15) is 6.61 Å². The number of halogens is 2. The van der Waals surface area contributed by atoms with Gasteiger partial charge in [0.15, 0.2) is 0 Å². The van der Waals surface area contributed by atoms with E-state index in [9.17, 15) is 13.6 Å². The summed E-state index contributed by atoms with van der Waals surface area (Å²) in [4.78, 5) is 11.2. The number of carbonyl (C=O) groups is 1. The first-order chi connectivity index (χ1) is 4.57. The quantitative estimate of drug-likeness (QED) is 0.604. The zero-order valence-electron chi connectivity index (χ0n) is 5.55. The van der Waals surface area contributed by atoms with E-state index in [1.165, 1.54) is 7.05 Å². The molecule has 10 heavy (non-hydrogen) atoms. The van der Waals surface area contributed by atoms with E-state index in [1.807, 2.05) is 0 Å². The fourth-order valence-electron chi connectivity index (χ4n) is 0.430. The van der Waals surface area contributed by atoms with E-state index in [4.69, 9.17) is 5.11 Å². The molecule has 0 spiro atoms. The molecule has 0 fully saturated rings. The Labute approximate surface area is 57.2 Å². The van der Waals surface area contributed by atoms with Crippen molar-refractivity contribution >= 4 is 5.91 Å². The third-order valence-corrected chi connectivity index (χ3v) is 0.973. The van der Waals surface area contributed by atoms with Gasteiger partial charge >= 0.3 is 0 Å². The van der Waals surface area contributed by atoms with Crippen molar-refractivity contribution in [2.45, 2.75) is 6.43 Å². The first-order valence-electron chi connectivity index (χ1n) is 2.71. The monoisotopic (exact) mass is 153 g/mol. The minimum Gasteiger partial charge on any atom is -0.387 e. The fourth-order valence-corrected chi connectivity index (χ4v) is 0.430. The summed E-state index contributed by atoms with van der Waals surface area (Å²) in [5.41, 5.74) is 0. The smallest absolute Gasteiger partial charge is 0.255 e. The fraction of sp³-hybridized carbons (Fsp3) is 0.800. The van der Waals surface area contributed by atoms with Crippen LogP contribution >= 0.6 is 0 Å². The largest absolute Gasteiger partial charge is 0.387 e. The summed E-state index contributed by atoms with van der Waals surface area (Å²) in [6, 6.07) is 0. The van der Waals surface area contributed by atoms with Crippen LogP contribution in [0.15, 0.2) is 0 Å². The van der Waals surface area contributed by atoms with Gasteiger partial charge in [-0.1, -0.05) is 0 Å². The molecule has 0 aliphatic rings. The third-order valence-electron chi connectivity index (χ3n) is 0.973. The first kappa shape index (κ1) is 9.29. The zero-order chi connectivity index (χ0) is 8.15. The van der Waals surface area contributed by atoms with Crippen molar-refractivity contribution in [3.63, 3.8) is 0 Å². The SMILES string of the molecule is CN(CC(F)F)C(=O)CO. The number of amides is 1. The van der Waals surface area contributed by atoms with Crippen LogP contribution in [0.4, 0.5) is 8.78 Å². The Balaban J connectivity index is 3.61. The molecule has 0 bridgehead atoms. The van der Waals surface area contributed by atoms with E-state index in [1.54, 1.807) is 0 Å². The van der Waals surface area contributed by atoms with Crippen LogP contribution in [0, 0.1) is 0 Å². The van der Waals surface area contributed by atoms with Crippen LogP contribution in [0.25, 0.3) is 0 Å². The molecule has 0 rings (SSSR count). The van der Waals surface area contributed by atoms with Gasteiger partial charge in [0.05, 0.1) is 6.54 Å². The summed E-state index contributed by atoms with van der Waals surface area (Å²) in [5.74, 6) is -0.694. The normalized spacial score (nSPS) is 10.1. The van der Waals surface area contributed by atoms with Gasteiger partial charge in [-0.25, -0.2) is 8.78 Å². The van der Waals surface area contributed by atoms with Crippen LogP contribution < -0.4 is 0 Å². The summed E-state index contributed by atoms with van der Waals surface area (Å²) in [7, 11) is 1.21. The highest BCUT2D eigenvalue weighted by Gasteiger charge is 2.11. The topological polar surface area (TPSA) is 40.5 Å². The van der Waals surface area contributed by atoms with E-state index in [0.29, 0.717) is 0 Å². The van der Waals surface area contributed by atoms with E-state index < -0.39 is 25.5 Å². The number of carbonyl (C=O) groups excluding carboxylic acids is 1. The summed E-state index contributed by atoms with van der Waals surface area (Å²) in [5, 5.41) is 8.18. The van der Waals surface area contributed by atoms with Crippen LogP contribution in [0.1, 0.15) is 0 Å². The maximum absolute atomic E-state index is 11.5. The number of alkyl halides is 2. The van der Waals surface area contributed by atoms with Crippen molar-refractivity contribution in [3.05, 3.63) is 0 Å². The highest BCUT2D eigenvalue weighted by atomic mass is 19.3. The molecular formula is C5H9F2NO2. The molecule has 0 saturated carbocycles. The Kier molecular flexibility index (Phi) is 3.87. The lowest BCUT2D eigenvalue weighted by molar-refractivity contribution is -0.134. The van der Waals surface area contributed by atoms with Crippen molar-refractivity contribution in [2.24, 2.45) is 0 Å². The van der Waals surface area contributed by atoms with E-state index in [-0.39, 0.29) is 0 Å². The molecule has 0 radical (unpaired) electrons. The second kappa shape index (κ2) is 4.16. The maximum atomic E-state index is 11.5. The Morgan fingerprint density at radius 3 is 2.50 bits per heavy atom. The number of rotatable bonds is 3. The molecule has 3 nitrogen and oxygen atoms in total. The molecule has 0 saturated heterocycles. The Hall–Kier alpha value is -0.710. The first-order valence-corrected chi connectivity index (χ1v) is 2.71. The Bertz CT molecular complexity index is 118. The summed E-state index contributed by atoms with van der Waals surface area (Å²) >= 11 is 0. The standard InChI is InChI=1S/C5H9F2NO2/c1-8(2-4(6)7)5(10)3-9/h4,9H,2-3H2,1H3. The molecule has 1 amide bonds. The summed E-state index contributed by atoms with van der Waals surface area (Å²) < 4.78 is 23.0. The Morgan fingerprint density at radius 1 is 1.70 bits per heavy atom. The predicted octanol–water partition coefficient (Wildman–Crippen LogP) is -0.298. The Morgan fingerprint density at radius 2 is 2.20 bits per heavy atom. The van der Waals surface area contributed by atoms with Crippen molar-refractivity contribution in [3.8, 4) is 0 Å². The van der Waals surface area contributed by atoms with Crippen molar-refractivity contribution < 1.29 is 18.7 Å². The molecule has 0 aromatic rings. The molecule has 0 heterocycles. The van der Waals surface area contributed by atoms with Gasteiger partial charge in [-0.05, 0) is 0 Å². The van der Waals surface area contributed by atoms with Gasteiger partial charge in [0.25, 0.3) is 6.43 Å². The highest BCUT2D eigenvalue weighted by molar-refractivity contribution is 5.76. The number of nitrogens with zero attached hydrogens (tertiary/aromatic N) is 1. The van der Waals surface area contributed by atoms with E-state index in [2.05, 4.69) is 0 Å². The van der Waals surface area contributed by atoms with Crippen LogP contribution in [0.3, 0.4) is 0 Å². The van der Waals surface area contributed by atoms with Crippen molar-refractivity contribution in [1.82, 2.24) is 4.90 Å². The minimum absolute atomic E-state index is 0.626. The molecule has 0 atom stereocenters. The molecule has 0 aliphatic heterocycles. The molecular weight excluding hydrogens is 144 g/mol. The molecule has 1 N–H and O–H groups in total. The van der Waals surface area contributed by atoms with Gasteiger partial charge in [0.2, 0.25) is 5.91 Å². The van der Waals surface area contributed by atoms with E-state index >= 15 is 0 Å². The minimum atomic E-state index is -2.54. The molecule has 0 aromatic carbocycles. The van der Waals surface area contributed by atoms with Crippen LogP contribution in [0.5, 0.6) is 0 Å². The lowest BCUT2D eigenvalue weighted by Crippen LogP contribution is -2.33. The average molecular weight is 153 g/mol. The molecule has 0 aromatic heterocycles. The van der Waals surface area contributed by atoms with Gasteiger partial charge in [0, 0.05) is 7.05 Å². The van der Waals surface area contributed by atoms with Gasteiger partial charge in [-0.2, -0.15) is 0 Å². The molecule has 60 valence electrons. The lowest BCUT2D eigenvalue weighted by Gasteiger charge is -2.14. The lowest BCUT2D eigenvalue weighted by atomic mass is 10.5. The van der Waals surface area contributed by atoms with Gasteiger partial charge in [-0.15, -0.1) is 0 Å². The van der Waals surface area contributed by atoms with Crippen LogP contribution in [-0.2, 0) is 4.79 Å². The number of hydrogen-bond donors (Lipinski definition) is 1. The van der Waals surface area contributed by atoms with E-state index in [0.717, 1.165) is 4.90 Å². The van der Waals surface area contributed by atoms with Gasteiger partial charge < -0.3 is 10.0 Å². The predicted molar refractivity (Wildman–Crippen MR) is 30.7 cm³/mol. The highest BCUT2D eigenvalue weighted by Crippen LogP contribution is 1.94. The summed E-state index contributed by atoms with van der Waals surface area (Å²) in [6.45, 7) is -1.34. The van der Waals surface area contributed by atoms with Gasteiger partial charge in [-0.3, -0.25) is 4.79 Å². The third kappa shape index (κ3) is 3.34. The van der Waals surface area contributed by atoms with Crippen LogP contribution in [-0.4, -0.2) is 42.5 Å². The number of aliphatic hydroxyl groups is 1. The van der Waals surface area contributed by atoms with Crippen LogP contribution in [0.2, 0.25) is 0 Å². The maximum Gasteiger partial charge on any atom is 0.255 e. The van der Waals surface area contributed by atoms with Crippen molar-refractivity contribution in [1.29, 1.82) is 0 Å². The zero-order valence-corrected chi connectivity index (χ0v) is 5.55. The molecule has 0 aliphatic carbocycles. The second-order valence-electron chi connectivity index (χ2n) is 1.82. The number of likely N-dealkylation sites (N-methyl/N-ethyl adjacent to an activating group) is 1. The van der Waals surface area contributed by atoms with Crippen molar-refractivity contribution in [2.75, 3.05) is 20.2 Å². The average Bonchev–Trinajstić information content (AvgIpc) is 1.85.